The van der Waals surface area contributed by atoms with Crippen LogP contribution in [0.4, 0.5) is 17.6 Å². The van der Waals surface area contributed by atoms with Gasteiger partial charge in [0, 0.05) is 24.6 Å². The van der Waals surface area contributed by atoms with E-state index in [4.69, 9.17) is 0 Å². The van der Waals surface area contributed by atoms with Gasteiger partial charge in [0.05, 0.1) is 17.4 Å². The molecule has 0 amide bonds. The zero-order chi connectivity index (χ0) is 18.5. The maximum absolute atomic E-state index is 9.75. The summed E-state index contributed by atoms with van der Waals surface area (Å²) in [7, 11) is 0. The van der Waals surface area contributed by atoms with Crippen molar-refractivity contribution < 1.29 is 5.11 Å². The maximum Gasteiger partial charge on any atom is 0.230 e. The van der Waals surface area contributed by atoms with Gasteiger partial charge in [-0.25, -0.2) is 9.97 Å². The molecule has 0 aromatic carbocycles. The average Bonchev–Trinajstić information content (AvgIpc) is 2.71. The number of aliphatic hydroxyl groups is 1. The summed E-state index contributed by atoms with van der Waals surface area (Å²) >= 11 is 0. The minimum absolute atomic E-state index is 0.190. The molecule has 3 aromatic heterocycles. The molecule has 4 rings (SSSR count). The van der Waals surface area contributed by atoms with E-state index in [2.05, 4.69) is 30.6 Å². The molecular weight excluding hydrogens is 340 g/mol. The second-order valence-corrected chi connectivity index (χ2v) is 6.66. The topological polar surface area (TPSA) is 95.8 Å². The highest BCUT2D eigenvalue weighted by Gasteiger charge is 2.21. The standard InChI is InChI=1S/C20H22N6O/c27-15-9-7-14(8-10-15)24-19-16(17-5-1-3-11-21-17)13-23-20(26-19)25-18-6-2-4-12-22-18/h1-6,11-15,27H,7-10H2,(H2,22,23,24,25,26)/t14-,15-. The lowest BCUT2D eigenvalue weighted by molar-refractivity contribution is 0.126. The SMILES string of the molecule is O[C@H]1CC[C@H](Nc2nc(Nc3ccccn3)ncc2-c2ccccn2)CC1. The van der Waals surface area contributed by atoms with E-state index in [1.165, 1.54) is 0 Å². The molecule has 1 fully saturated rings. The summed E-state index contributed by atoms with van der Waals surface area (Å²) in [5.74, 6) is 1.91. The van der Waals surface area contributed by atoms with E-state index in [-0.39, 0.29) is 12.1 Å². The molecule has 3 heterocycles. The number of aromatic nitrogens is 4. The first-order valence-electron chi connectivity index (χ1n) is 9.19. The number of rotatable bonds is 5. The van der Waals surface area contributed by atoms with Gasteiger partial charge in [-0.2, -0.15) is 4.98 Å². The molecule has 0 aliphatic heterocycles. The third-order valence-corrected chi connectivity index (χ3v) is 4.67. The number of hydrogen-bond acceptors (Lipinski definition) is 7. The summed E-state index contributed by atoms with van der Waals surface area (Å²) in [6.45, 7) is 0. The quantitative estimate of drug-likeness (QED) is 0.640. The second-order valence-electron chi connectivity index (χ2n) is 6.66. The Morgan fingerprint density at radius 1 is 0.889 bits per heavy atom. The van der Waals surface area contributed by atoms with Crippen LogP contribution in [0.3, 0.4) is 0 Å². The highest BCUT2D eigenvalue weighted by Crippen LogP contribution is 2.29. The van der Waals surface area contributed by atoms with Gasteiger partial charge in [0.2, 0.25) is 5.95 Å². The van der Waals surface area contributed by atoms with E-state index in [1.54, 1.807) is 18.6 Å². The number of nitrogens with zero attached hydrogens (tertiary/aromatic N) is 4. The van der Waals surface area contributed by atoms with Gasteiger partial charge < -0.3 is 15.7 Å². The van der Waals surface area contributed by atoms with Crippen molar-refractivity contribution in [1.82, 2.24) is 19.9 Å². The molecule has 3 aromatic rings. The Morgan fingerprint density at radius 2 is 1.67 bits per heavy atom. The Hall–Kier alpha value is -3.06. The van der Waals surface area contributed by atoms with Crippen LogP contribution in [0, 0.1) is 0 Å². The molecule has 0 radical (unpaired) electrons. The van der Waals surface area contributed by atoms with Gasteiger partial charge in [0.15, 0.2) is 0 Å². The van der Waals surface area contributed by atoms with Crippen molar-refractivity contribution in [2.24, 2.45) is 0 Å². The lowest BCUT2D eigenvalue weighted by Gasteiger charge is -2.27. The van der Waals surface area contributed by atoms with Gasteiger partial charge in [0.25, 0.3) is 0 Å². The fourth-order valence-electron chi connectivity index (χ4n) is 3.23. The van der Waals surface area contributed by atoms with E-state index in [0.717, 1.165) is 42.8 Å². The third-order valence-electron chi connectivity index (χ3n) is 4.67. The summed E-state index contributed by atoms with van der Waals surface area (Å²) in [6, 6.07) is 11.7. The number of hydrogen-bond donors (Lipinski definition) is 3. The molecule has 1 saturated carbocycles. The van der Waals surface area contributed by atoms with Crippen LogP contribution < -0.4 is 10.6 Å². The minimum Gasteiger partial charge on any atom is -0.393 e. The molecule has 7 heteroatoms. The zero-order valence-electron chi connectivity index (χ0n) is 14.9. The molecule has 0 saturated heterocycles. The molecule has 7 nitrogen and oxygen atoms in total. The molecule has 27 heavy (non-hydrogen) atoms. The smallest absolute Gasteiger partial charge is 0.230 e. The molecular formula is C20H22N6O. The largest absolute Gasteiger partial charge is 0.393 e. The Balaban J connectivity index is 1.62. The summed E-state index contributed by atoms with van der Waals surface area (Å²) in [6.07, 6.45) is 8.51. The predicted octanol–water partition coefficient (Wildman–Crippen LogP) is 3.39. The van der Waals surface area contributed by atoms with Crippen molar-refractivity contribution in [3.05, 3.63) is 55.0 Å². The normalized spacial score (nSPS) is 19.4. The number of nitrogens with one attached hydrogen (secondary N) is 2. The van der Waals surface area contributed by atoms with E-state index in [1.807, 2.05) is 36.4 Å². The lowest BCUT2D eigenvalue weighted by Crippen LogP contribution is -2.29. The van der Waals surface area contributed by atoms with Crippen molar-refractivity contribution in [3.63, 3.8) is 0 Å². The fourth-order valence-corrected chi connectivity index (χ4v) is 3.23. The molecule has 3 N–H and O–H groups in total. The average molecular weight is 362 g/mol. The Labute approximate surface area is 158 Å². The van der Waals surface area contributed by atoms with Gasteiger partial charge >= 0.3 is 0 Å². The van der Waals surface area contributed by atoms with Crippen molar-refractivity contribution in [2.45, 2.75) is 37.8 Å². The van der Waals surface area contributed by atoms with E-state index < -0.39 is 0 Å². The summed E-state index contributed by atoms with van der Waals surface area (Å²) in [5.41, 5.74) is 1.67. The highest BCUT2D eigenvalue weighted by atomic mass is 16.3. The first-order valence-corrected chi connectivity index (χ1v) is 9.19. The van der Waals surface area contributed by atoms with Crippen LogP contribution in [0.1, 0.15) is 25.7 Å². The number of aliphatic hydroxyl groups excluding tert-OH is 1. The van der Waals surface area contributed by atoms with Crippen molar-refractivity contribution in [2.75, 3.05) is 10.6 Å². The molecule has 0 spiro atoms. The second kappa shape index (κ2) is 8.09. The Bertz CT molecular complexity index is 866. The van der Waals surface area contributed by atoms with Gasteiger partial charge in [-0.15, -0.1) is 0 Å². The number of pyridine rings is 2. The first-order chi connectivity index (χ1) is 13.3. The van der Waals surface area contributed by atoms with Crippen LogP contribution in [-0.4, -0.2) is 37.2 Å². The fraction of sp³-hybridized carbons (Fsp3) is 0.300. The van der Waals surface area contributed by atoms with Gasteiger partial charge in [-0.3, -0.25) is 4.98 Å². The molecule has 1 aliphatic carbocycles. The van der Waals surface area contributed by atoms with Crippen LogP contribution in [0.25, 0.3) is 11.3 Å². The van der Waals surface area contributed by atoms with Crippen molar-refractivity contribution in [1.29, 1.82) is 0 Å². The van der Waals surface area contributed by atoms with E-state index in [9.17, 15) is 5.11 Å². The minimum atomic E-state index is -0.190. The Morgan fingerprint density at radius 3 is 2.37 bits per heavy atom. The Kier molecular flexibility index (Phi) is 5.20. The van der Waals surface area contributed by atoms with Crippen molar-refractivity contribution in [3.8, 4) is 11.3 Å². The first kappa shape index (κ1) is 17.4. The molecule has 0 bridgehead atoms. The molecule has 0 atom stereocenters. The van der Waals surface area contributed by atoms with Crippen LogP contribution in [0.15, 0.2) is 55.0 Å². The third kappa shape index (κ3) is 4.38. The van der Waals surface area contributed by atoms with Gasteiger partial charge in [-0.1, -0.05) is 12.1 Å². The summed E-state index contributed by atoms with van der Waals surface area (Å²) < 4.78 is 0. The zero-order valence-corrected chi connectivity index (χ0v) is 14.9. The van der Waals surface area contributed by atoms with Gasteiger partial charge in [0.1, 0.15) is 11.6 Å². The molecule has 138 valence electrons. The van der Waals surface area contributed by atoms with Crippen molar-refractivity contribution >= 4 is 17.6 Å². The highest BCUT2D eigenvalue weighted by molar-refractivity contribution is 5.73. The summed E-state index contributed by atoms with van der Waals surface area (Å²) in [5, 5.41) is 16.4. The van der Waals surface area contributed by atoms with E-state index >= 15 is 0 Å². The maximum atomic E-state index is 9.75. The predicted molar refractivity (Wildman–Crippen MR) is 105 cm³/mol. The molecule has 0 unspecified atom stereocenters. The van der Waals surface area contributed by atoms with Gasteiger partial charge in [-0.05, 0) is 49.9 Å². The van der Waals surface area contributed by atoms with E-state index in [0.29, 0.717) is 11.8 Å². The lowest BCUT2D eigenvalue weighted by atomic mass is 9.93. The number of anilines is 3. The van der Waals surface area contributed by atoms with Crippen LogP contribution >= 0.6 is 0 Å². The summed E-state index contributed by atoms with van der Waals surface area (Å²) in [4.78, 5) is 17.8. The van der Waals surface area contributed by atoms with Crippen LogP contribution in [-0.2, 0) is 0 Å². The molecule has 1 aliphatic rings. The van der Waals surface area contributed by atoms with Crippen LogP contribution in [0.2, 0.25) is 0 Å². The van der Waals surface area contributed by atoms with Crippen LogP contribution in [0.5, 0.6) is 0 Å². The monoisotopic (exact) mass is 362 g/mol.